The van der Waals surface area contributed by atoms with Crippen LogP contribution in [0.2, 0.25) is 0 Å². The summed E-state index contributed by atoms with van der Waals surface area (Å²) in [6.07, 6.45) is 4.65. The molecule has 1 aliphatic carbocycles. The molecule has 2 aromatic heterocycles. The van der Waals surface area contributed by atoms with Gasteiger partial charge in [-0.3, -0.25) is 20.2 Å². The van der Waals surface area contributed by atoms with E-state index >= 15 is 0 Å². The van der Waals surface area contributed by atoms with Gasteiger partial charge in [-0.15, -0.1) is 5.10 Å². The van der Waals surface area contributed by atoms with Crippen molar-refractivity contribution in [2.24, 2.45) is 5.41 Å². The van der Waals surface area contributed by atoms with Crippen molar-refractivity contribution in [2.75, 3.05) is 5.32 Å². The molecule has 1 amide bonds. The predicted octanol–water partition coefficient (Wildman–Crippen LogP) is 2.00. The number of aromatic nitrogens is 4. The first-order valence-corrected chi connectivity index (χ1v) is 6.33. The minimum absolute atomic E-state index is 0.00896. The number of nitrogens with one attached hydrogen (secondary N) is 2. The van der Waals surface area contributed by atoms with Crippen LogP contribution < -0.4 is 5.32 Å². The average molecular weight is 257 g/mol. The SMILES string of the molecule is CC1(C(=O)Nc2n[nH]c(-c3ccccn3)n2)CCC1. The number of anilines is 1. The minimum atomic E-state index is -0.258. The van der Waals surface area contributed by atoms with E-state index in [4.69, 9.17) is 0 Å². The first kappa shape index (κ1) is 11.8. The van der Waals surface area contributed by atoms with Crippen molar-refractivity contribution in [1.29, 1.82) is 0 Å². The zero-order valence-corrected chi connectivity index (χ0v) is 10.7. The lowest BCUT2D eigenvalue weighted by Gasteiger charge is -2.35. The Balaban J connectivity index is 1.74. The molecule has 1 fully saturated rings. The predicted molar refractivity (Wildman–Crippen MR) is 70.2 cm³/mol. The van der Waals surface area contributed by atoms with Gasteiger partial charge in [0.1, 0.15) is 5.69 Å². The lowest BCUT2D eigenvalue weighted by molar-refractivity contribution is -0.128. The maximum absolute atomic E-state index is 12.0. The quantitative estimate of drug-likeness (QED) is 0.880. The lowest BCUT2D eigenvalue weighted by atomic mass is 9.70. The molecule has 19 heavy (non-hydrogen) atoms. The normalized spacial score (nSPS) is 16.7. The molecule has 0 aliphatic heterocycles. The number of amides is 1. The maximum atomic E-state index is 12.0. The number of nitrogens with zero attached hydrogens (tertiary/aromatic N) is 3. The van der Waals surface area contributed by atoms with Crippen LogP contribution in [0.25, 0.3) is 11.5 Å². The Labute approximate surface area is 110 Å². The van der Waals surface area contributed by atoms with E-state index in [0.29, 0.717) is 17.5 Å². The van der Waals surface area contributed by atoms with Gasteiger partial charge in [0.25, 0.3) is 0 Å². The summed E-state index contributed by atoms with van der Waals surface area (Å²) in [4.78, 5) is 20.4. The van der Waals surface area contributed by atoms with Gasteiger partial charge in [-0.2, -0.15) is 4.98 Å². The van der Waals surface area contributed by atoms with E-state index in [-0.39, 0.29) is 11.3 Å². The van der Waals surface area contributed by atoms with Gasteiger partial charge >= 0.3 is 0 Å². The van der Waals surface area contributed by atoms with Gasteiger partial charge in [-0.1, -0.05) is 19.4 Å². The smallest absolute Gasteiger partial charge is 0.249 e. The molecule has 1 saturated carbocycles. The largest absolute Gasteiger partial charge is 0.293 e. The molecule has 0 aromatic carbocycles. The van der Waals surface area contributed by atoms with E-state index < -0.39 is 0 Å². The maximum Gasteiger partial charge on any atom is 0.249 e. The molecule has 6 heteroatoms. The second-order valence-corrected chi connectivity index (χ2v) is 5.09. The van der Waals surface area contributed by atoms with Gasteiger partial charge in [-0.05, 0) is 25.0 Å². The minimum Gasteiger partial charge on any atom is -0.293 e. The van der Waals surface area contributed by atoms with E-state index in [1.165, 1.54) is 0 Å². The molecule has 0 atom stereocenters. The fraction of sp³-hybridized carbons (Fsp3) is 0.385. The molecule has 1 aliphatic rings. The topological polar surface area (TPSA) is 83.6 Å². The van der Waals surface area contributed by atoms with E-state index in [1.807, 2.05) is 25.1 Å². The van der Waals surface area contributed by atoms with Crippen LogP contribution in [0.1, 0.15) is 26.2 Å². The molecule has 6 nitrogen and oxygen atoms in total. The molecule has 0 radical (unpaired) electrons. The summed E-state index contributed by atoms with van der Waals surface area (Å²) < 4.78 is 0. The molecule has 2 aromatic rings. The van der Waals surface area contributed by atoms with Crippen LogP contribution in [0.4, 0.5) is 5.95 Å². The Bertz CT molecular complexity index is 588. The number of hydrogen-bond donors (Lipinski definition) is 2. The summed E-state index contributed by atoms with van der Waals surface area (Å²) in [5.74, 6) is 0.846. The van der Waals surface area contributed by atoms with Crippen molar-refractivity contribution in [3.8, 4) is 11.5 Å². The number of aromatic amines is 1. The third-order valence-corrected chi connectivity index (χ3v) is 3.62. The van der Waals surface area contributed by atoms with Gasteiger partial charge in [0.05, 0.1) is 0 Å². The number of rotatable bonds is 3. The van der Waals surface area contributed by atoms with E-state index in [0.717, 1.165) is 19.3 Å². The number of carbonyl (C=O) groups is 1. The number of pyridine rings is 1. The average Bonchev–Trinajstić information content (AvgIpc) is 2.85. The highest BCUT2D eigenvalue weighted by atomic mass is 16.2. The summed E-state index contributed by atoms with van der Waals surface area (Å²) in [5, 5.41) is 9.53. The Kier molecular flexibility index (Phi) is 2.77. The number of carbonyl (C=O) groups excluding carboxylic acids is 1. The highest BCUT2D eigenvalue weighted by Crippen LogP contribution is 2.40. The zero-order valence-electron chi connectivity index (χ0n) is 10.7. The van der Waals surface area contributed by atoms with Gasteiger partial charge in [0.2, 0.25) is 11.9 Å². The van der Waals surface area contributed by atoms with Crippen LogP contribution >= 0.6 is 0 Å². The van der Waals surface area contributed by atoms with Crippen LogP contribution in [0.3, 0.4) is 0 Å². The third kappa shape index (κ3) is 2.21. The zero-order chi connectivity index (χ0) is 13.3. The van der Waals surface area contributed by atoms with Crippen molar-refractivity contribution in [3.63, 3.8) is 0 Å². The van der Waals surface area contributed by atoms with Gasteiger partial charge in [0.15, 0.2) is 5.82 Å². The summed E-state index contributed by atoms with van der Waals surface area (Å²) in [6, 6.07) is 5.54. The van der Waals surface area contributed by atoms with Gasteiger partial charge in [-0.25, -0.2) is 0 Å². The van der Waals surface area contributed by atoms with Gasteiger partial charge in [0, 0.05) is 11.6 Å². The first-order chi connectivity index (χ1) is 9.17. The van der Waals surface area contributed by atoms with Crippen LogP contribution in [0, 0.1) is 5.41 Å². The molecule has 0 bridgehead atoms. The summed E-state index contributed by atoms with van der Waals surface area (Å²) in [5.41, 5.74) is 0.441. The van der Waals surface area contributed by atoms with Crippen LogP contribution in [-0.4, -0.2) is 26.1 Å². The first-order valence-electron chi connectivity index (χ1n) is 6.33. The van der Waals surface area contributed by atoms with E-state index in [9.17, 15) is 4.79 Å². The fourth-order valence-electron chi connectivity index (χ4n) is 2.12. The molecule has 0 saturated heterocycles. The Hall–Kier alpha value is -2.24. The van der Waals surface area contributed by atoms with Crippen molar-refractivity contribution in [3.05, 3.63) is 24.4 Å². The standard InChI is InChI=1S/C13H15N5O/c1-13(6-4-7-13)11(19)16-12-15-10(17-18-12)9-5-2-3-8-14-9/h2-3,5,8H,4,6-7H2,1H3,(H2,15,16,17,18,19). The van der Waals surface area contributed by atoms with Crippen molar-refractivity contribution >= 4 is 11.9 Å². The third-order valence-electron chi connectivity index (χ3n) is 3.62. The Morgan fingerprint density at radius 3 is 2.89 bits per heavy atom. The van der Waals surface area contributed by atoms with Gasteiger partial charge < -0.3 is 0 Å². The summed E-state index contributed by atoms with van der Waals surface area (Å²) in [6.45, 7) is 1.97. The lowest BCUT2D eigenvalue weighted by Crippen LogP contribution is -2.39. The van der Waals surface area contributed by atoms with Crippen LogP contribution in [0.15, 0.2) is 24.4 Å². The fourth-order valence-corrected chi connectivity index (χ4v) is 2.12. The molecule has 2 heterocycles. The van der Waals surface area contributed by atoms with Crippen LogP contribution in [-0.2, 0) is 4.79 Å². The Morgan fingerprint density at radius 2 is 2.26 bits per heavy atom. The molecular weight excluding hydrogens is 242 g/mol. The number of hydrogen-bond acceptors (Lipinski definition) is 4. The highest BCUT2D eigenvalue weighted by molar-refractivity contribution is 5.94. The van der Waals surface area contributed by atoms with Crippen molar-refractivity contribution < 1.29 is 4.79 Å². The monoisotopic (exact) mass is 257 g/mol. The molecule has 98 valence electrons. The van der Waals surface area contributed by atoms with Crippen molar-refractivity contribution in [2.45, 2.75) is 26.2 Å². The molecule has 0 unspecified atom stereocenters. The van der Waals surface area contributed by atoms with E-state index in [1.54, 1.807) is 6.20 Å². The molecule has 0 spiro atoms. The number of H-pyrrole nitrogens is 1. The molecule has 3 rings (SSSR count). The molecular formula is C13H15N5O. The Morgan fingerprint density at radius 1 is 1.42 bits per heavy atom. The second-order valence-electron chi connectivity index (χ2n) is 5.09. The summed E-state index contributed by atoms with van der Waals surface area (Å²) >= 11 is 0. The highest BCUT2D eigenvalue weighted by Gasteiger charge is 2.39. The second kappa shape index (κ2) is 4.46. The molecule has 2 N–H and O–H groups in total. The van der Waals surface area contributed by atoms with E-state index in [2.05, 4.69) is 25.5 Å². The van der Waals surface area contributed by atoms with Crippen molar-refractivity contribution in [1.82, 2.24) is 20.2 Å². The summed E-state index contributed by atoms with van der Waals surface area (Å²) in [7, 11) is 0. The van der Waals surface area contributed by atoms with Crippen LogP contribution in [0.5, 0.6) is 0 Å².